The van der Waals surface area contributed by atoms with Crippen LogP contribution in [0, 0.1) is 12.7 Å². The minimum atomic E-state index is -1.00. The van der Waals surface area contributed by atoms with Crippen molar-refractivity contribution in [1.29, 1.82) is 0 Å². The summed E-state index contributed by atoms with van der Waals surface area (Å²) in [5.41, 5.74) is 1.42. The predicted molar refractivity (Wildman–Crippen MR) is 118 cm³/mol. The van der Waals surface area contributed by atoms with Crippen molar-refractivity contribution in [3.8, 4) is 5.75 Å². The number of aromatic nitrogens is 1. The van der Waals surface area contributed by atoms with Gasteiger partial charge in [0.25, 0.3) is 11.7 Å². The number of anilines is 1. The lowest BCUT2D eigenvalue weighted by atomic mass is 9.95. The number of ketones is 1. The van der Waals surface area contributed by atoms with Gasteiger partial charge in [-0.15, -0.1) is 0 Å². The molecule has 6 nitrogen and oxygen atoms in total. The number of Topliss-reactive ketones (excluding diaryl/α,β-unsaturated/α-hetero) is 1. The maximum absolute atomic E-state index is 14.0. The summed E-state index contributed by atoms with van der Waals surface area (Å²) in [6.45, 7) is 1.81. The Morgan fingerprint density at radius 2 is 1.97 bits per heavy atom. The van der Waals surface area contributed by atoms with Crippen molar-refractivity contribution in [3.63, 3.8) is 0 Å². The molecule has 1 N–H and O–H groups in total. The second kappa shape index (κ2) is 8.43. The van der Waals surface area contributed by atoms with E-state index < -0.39 is 29.3 Å². The van der Waals surface area contributed by atoms with Gasteiger partial charge in [0.1, 0.15) is 17.3 Å². The number of aliphatic hydroxyl groups is 1. The highest BCUT2D eigenvalue weighted by molar-refractivity contribution is 6.51. The van der Waals surface area contributed by atoms with Gasteiger partial charge in [0.2, 0.25) is 0 Å². The monoisotopic (exact) mass is 452 g/mol. The molecule has 32 heavy (non-hydrogen) atoms. The van der Waals surface area contributed by atoms with Gasteiger partial charge in [-0.25, -0.2) is 4.39 Å². The van der Waals surface area contributed by atoms with Crippen molar-refractivity contribution in [2.45, 2.75) is 13.0 Å². The number of amides is 1. The van der Waals surface area contributed by atoms with Crippen LogP contribution in [-0.2, 0) is 9.59 Å². The van der Waals surface area contributed by atoms with Gasteiger partial charge in [-0.05, 0) is 54.4 Å². The molecule has 1 aliphatic rings. The SMILES string of the molecule is COc1ccc(F)cc1/C(O)=C1\C(=O)C(=O)N(c2ccc(C)c(Cl)c2)C1c1cccnc1. The number of hydrogen-bond donors (Lipinski definition) is 1. The maximum Gasteiger partial charge on any atom is 0.300 e. The molecule has 2 heterocycles. The number of carbonyl (C=O) groups excluding carboxylic acids is 2. The zero-order valence-electron chi connectivity index (χ0n) is 17.2. The van der Waals surface area contributed by atoms with E-state index in [0.717, 1.165) is 11.6 Å². The third kappa shape index (κ3) is 3.61. The maximum atomic E-state index is 14.0. The van der Waals surface area contributed by atoms with Crippen LogP contribution >= 0.6 is 11.6 Å². The second-order valence-electron chi connectivity index (χ2n) is 7.23. The van der Waals surface area contributed by atoms with E-state index >= 15 is 0 Å². The van der Waals surface area contributed by atoms with Gasteiger partial charge in [0.05, 0.1) is 24.3 Å². The average Bonchev–Trinajstić information content (AvgIpc) is 3.06. The van der Waals surface area contributed by atoms with Crippen LogP contribution < -0.4 is 9.64 Å². The van der Waals surface area contributed by atoms with Gasteiger partial charge in [-0.1, -0.05) is 23.7 Å². The fourth-order valence-corrected chi connectivity index (χ4v) is 3.87. The molecule has 162 valence electrons. The predicted octanol–water partition coefficient (Wildman–Crippen LogP) is 4.82. The number of aliphatic hydroxyl groups excluding tert-OH is 1. The summed E-state index contributed by atoms with van der Waals surface area (Å²) in [7, 11) is 1.36. The van der Waals surface area contributed by atoms with Crippen molar-refractivity contribution in [3.05, 3.63) is 94.0 Å². The lowest BCUT2D eigenvalue weighted by Gasteiger charge is -2.25. The van der Waals surface area contributed by atoms with Crippen LogP contribution in [-0.4, -0.2) is 28.9 Å². The summed E-state index contributed by atoms with van der Waals surface area (Å²) >= 11 is 6.27. The van der Waals surface area contributed by atoms with Crippen molar-refractivity contribution in [2.24, 2.45) is 0 Å². The summed E-state index contributed by atoms with van der Waals surface area (Å²) in [5.74, 6) is -2.80. The quantitative estimate of drug-likeness (QED) is 0.349. The molecule has 1 amide bonds. The molecule has 1 unspecified atom stereocenters. The van der Waals surface area contributed by atoms with Crippen molar-refractivity contribution < 1.29 is 23.8 Å². The molecule has 1 fully saturated rings. The molecule has 3 aromatic rings. The molecule has 0 radical (unpaired) electrons. The minimum Gasteiger partial charge on any atom is -0.507 e. The molecule has 1 saturated heterocycles. The Kier molecular flexibility index (Phi) is 5.67. The summed E-state index contributed by atoms with van der Waals surface area (Å²) in [6, 6.07) is 10.9. The van der Waals surface area contributed by atoms with Crippen molar-refractivity contribution in [2.75, 3.05) is 12.0 Å². The molecule has 0 aliphatic carbocycles. The Labute approximate surface area is 188 Å². The van der Waals surface area contributed by atoms with Gasteiger partial charge in [0, 0.05) is 23.1 Å². The highest BCUT2D eigenvalue weighted by Gasteiger charge is 2.47. The normalized spacial score (nSPS) is 17.6. The lowest BCUT2D eigenvalue weighted by Crippen LogP contribution is -2.29. The average molecular weight is 453 g/mol. The topological polar surface area (TPSA) is 79.7 Å². The first-order valence-corrected chi connectivity index (χ1v) is 10.0. The molecule has 1 atom stereocenters. The Balaban J connectivity index is 1.98. The number of aryl methyl sites for hydroxylation is 1. The Morgan fingerprint density at radius 1 is 1.19 bits per heavy atom. The van der Waals surface area contributed by atoms with Gasteiger partial charge >= 0.3 is 0 Å². The number of nitrogens with zero attached hydrogens (tertiary/aromatic N) is 2. The van der Waals surface area contributed by atoms with E-state index in [0.29, 0.717) is 16.3 Å². The third-order valence-electron chi connectivity index (χ3n) is 5.29. The van der Waals surface area contributed by atoms with Gasteiger partial charge in [-0.3, -0.25) is 19.5 Å². The van der Waals surface area contributed by atoms with Crippen molar-refractivity contribution >= 4 is 34.7 Å². The Morgan fingerprint density at radius 3 is 2.62 bits per heavy atom. The number of hydrogen-bond acceptors (Lipinski definition) is 5. The van der Waals surface area contributed by atoms with Crippen molar-refractivity contribution in [1.82, 2.24) is 4.98 Å². The first kappa shape index (κ1) is 21.5. The standard InChI is InChI=1S/C24H18ClFN2O4/c1-13-5-7-16(11-18(13)25)28-21(14-4-3-9-27-12-14)20(23(30)24(28)31)22(29)17-10-15(26)6-8-19(17)32-2/h3-12,21,29H,1-2H3/b22-20+. The van der Waals surface area contributed by atoms with Crippen LogP contribution in [0.25, 0.3) is 5.76 Å². The first-order chi connectivity index (χ1) is 15.3. The van der Waals surface area contributed by atoms with Crippen LogP contribution in [0.3, 0.4) is 0 Å². The van der Waals surface area contributed by atoms with E-state index in [-0.39, 0.29) is 16.9 Å². The molecule has 8 heteroatoms. The first-order valence-electron chi connectivity index (χ1n) is 9.64. The molecule has 1 aliphatic heterocycles. The van der Waals surface area contributed by atoms with E-state index in [2.05, 4.69) is 4.98 Å². The Bertz CT molecular complexity index is 1260. The number of halogens is 2. The summed E-state index contributed by atoms with van der Waals surface area (Å²) in [5, 5.41) is 11.5. The molecule has 4 rings (SSSR count). The summed E-state index contributed by atoms with van der Waals surface area (Å²) in [6.07, 6.45) is 3.05. The number of rotatable bonds is 4. The smallest absolute Gasteiger partial charge is 0.300 e. The van der Waals surface area contributed by atoms with Crippen LogP contribution in [0.1, 0.15) is 22.7 Å². The van der Waals surface area contributed by atoms with Crippen LogP contribution in [0.2, 0.25) is 5.02 Å². The number of methoxy groups -OCH3 is 1. The molecule has 0 saturated carbocycles. The van der Waals surface area contributed by atoms with E-state index in [1.807, 2.05) is 6.92 Å². The number of benzene rings is 2. The largest absolute Gasteiger partial charge is 0.507 e. The van der Waals surface area contributed by atoms with E-state index in [4.69, 9.17) is 16.3 Å². The zero-order valence-corrected chi connectivity index (χ0v) is 17.9. The van der Waals surface area contributed by atoms with Crippen LogP contribution in [0.4, 0.5) is 10.1 Å². The van der Waals surface area contributed by atoms with Gasteiger partial charge < -0.3 is 9.84 Å². The molecule has 2 aromatic carbocycles. The molecular formula is C24H18ClFN2O4. The zero-order chi connectivity index (χ0) is 23.0. The highest BCUT2D eigenvalue weighted by atomic mass is 35.5. The van der Waals surface area contributed by atoms with E-state index in [9.17, 15) is 19.1 Å². The lowest BCUT2D eigenvalue weighted by molar-refractivity contribution is -0.132. The molecule has 0 bridgehead atoms. The summed E-state index contributed by atoms with van der Waals surface area (Å²) in [4.78, 5) is 31.6. The molecule has 1 aromatic heterocycles. The minimum absolute atomic E-state index is 0.0404. The fourth-order valence-electron chi connectivity index (χ4n) is 3.69. The summed E-state index contributed by atoms with van der Waals surface area (Å²) < 4.78 is 19.2. The second-order valence-corrected chi connectivity index (χ2v) is 7.64. The third-order valence-corrected chi connectivity index (χ3v) is 5.70. The van der Waals surface area contributed by atoms with Crippen LogP contribution in [0.5, 0.6) is 5.75 Å². The number of ether oxygens (including phenoxy) is 1. The molecule has 0 spiro atoms. The molecular weight excluding hydrogens is 435 g/mol. The number of pyridine rings is 1. The highest BCUT2D eigenvalue weighted by Crippen LogP contribution is 2.43. The van der Waals surface area contributed by atoms with Gasteiger partial charge in [0.15, 0.2) is 0 Å². The van der Waals surface area contributed by atoms with E-state index in [1.165, 1.54) is 30.3 Å². The Hall–Kier alpha value is -3.71. The fraction of sp³-hybridized carbons (Fsp3) is 0.125. The van der Waals surface area contributed by atoms with Gasteiger partial charge in [-0.2, -0.15) is 0 Å². The number of carbonyl (C=O) groups is 2. The van der Waals surface area contributed by atoms with E-state index in [1.54, 1.807) is 36.5 Å². The van der Waals surface area contributed by atoms with Crippen LogP contribution in [0.15, 0.2) is 66.5 Å².